The van der Waals surface area contributed by atoms with E-state index in [0.29, 0.717) is 36.8 Å². The number of pyridine rings is 1. The lowest BCUT2D eigenvalue weighted by Crippen LogP contribution is -2.35. The summed E-state index contributed by atoms with van der Waals surface area (Å²) >= 11 is 0. The van der Waals surface area contributed by atoms with Gasteiger partial charge >= 0.3 is 0 Å². The molecule has 3 N–H and O–H groups in total. The van der Waals surface area contributed by atoms with Crippen molar-refractivity contribution >= 4 is 11.7 Å². The van der Waals surface area contributed by atoms with Crippen LogP contribution in [0, 0.1) is 17.2 Å². The van der Waals surface area contributed by atoms with Crippen LogP contribution in [-0.2, 0) is 0 Å². The van der Waals surface area contributed by atoms with Crippen molar-refractivity contribution in [1.29, 1.82) is 5.26 Å². The molecule has 0 saturated heterocycles. The van der Waals surface area contributed by atoms with Crippen LogP contribution in [0.3, 0.4) is 0 Å². The lowest BCUT2D eigenvalue weighted by atomic mass is 10.1. The Hall–Kier alpha value is -2.13. The van der Waals surface area contributed by atoms with E-state index < -0.39 is 0 Å². The number of carbonyl (C=O) groups excluding carboxylic acids is 1. The molecule has 0 bridgehead atoms. The first-order valence-corrected chi connectivity index (χ1v) is 6.17. The second kappa shape index (κ2) is 7.34. The topological polar surface area (TPSA) is 95.0 Å². The van der Waals surface area contributed by atoms with Gasteiger partial charge in [0, 0.05) is 19.3 Å². The molecular formula is C13H19N5O. The summed E-state index contributed by atoms with van der Waals surface area (Å²) < 4.78 is 0. The van der Waals surface area contributed by atoms with Gasteiger partial charge in [-0.1, -0.05) is 13.8 Å². The Balaban J connectivity index is 2.81. The molecule has 1 aromatic heterocycles. The van der Waals surface area contributed by atoms with Crippen molar-refractivity contribution in [3.05, 3.63) is 23.9 Å². The van der Waals surface area contributed by atoms with Gasteiger partial charge in [-0.15, -0.1) is 0 Å². The number of aromatic nitrogens is 1. The van der Waals surface area contributed by atoms with Crippen LogP contribution >= 0.6 is 0 Å². The molecule has 0 saturated carbocycles. The zero-order valence-electron chi connectivity index (χ0n) is 11.3. The Bertz CT molecular complexity index is 449. The monoisotopic (exact) mass is 261 g/mol. The molecule has 0 aliphatic rings. The van der Waals surface area contributed by atoms with Crippen molar-refractivity contribution in [2.75, 3.05) is 18.5 Å². The van der Waals surface area contributed by atoms with Gasteiger partial charge in [-0.25, -0.2) is 10.8 Å². The van der Waals surface area contributed by atoms with E-state index in [4.69, 9.17) is 11.1 Å². The molecule has 1 aromatic rings. The SMILES string of the molecule is CC(C)CN(CCC#N)C(=O)c1ccc(NN)nc1. The maximum Gasteiger partial charge on any atom is 0.255 e. The number of nitrogens with one attached hydrogen (secondary N) is 1. The highest BCUT2D eigenvalue weighted by molar-refractivity contribution is 5.94. The highest BCUT2D eigenvalue weighted by Gasteiger charge is 2.16. The summed E-state index contributed by atoms with van der Waals surface area (Å²) in [5, 5.41) is 8.65. The number of carbonyl (C=O) groups is 1. The molecule has 1 rings (SSSR count). The van der Waals surface area contributed by atoms with E-state index in [1.165, 1.54) is 6.20 Å². The number of nitrogen functional groups attached to an aromatic ring is 1. The molecule has 0 aromatic carbocycles. The summed E-state index contributed by atoms with van der Waals surface area (Å²) in [6.45, 7) is 5.13. The van der Waals surface area contributed by atoms with Gasteiger partial charge in [-0.2, -0.15) is 5.26 Å². The number of nitrogens with two attached hydrogens (primary N) is 1. The summed E-state index contributed by atoms with van der Waals surface area (Å²) in [6.07, 6.45) is 1.81. The van der Waals surface area contributed by atoms with Gasteiger partial charge in [0.25, 0.3) is 5.91 Å². The highest BCUT2D eigenvalue weighted by Crippen LogP contribution is 2.09. The highest BCUT2D eigenvalue weighted by atomic mass is 16.2. The summed E-state index contributed by atoms with van der Waals surface area (Å²) in [5.41, 5.74) is 2.91. The Morgan fingerprint density at radius 3 is 2.79 bits per heavy atom. The average molecular weight is 261 g/mol. The summed E-state index contributed by atoms with van der Waals surface area (Å²) in [7, 11) is 0. The molecule has 1 amide bonds. The van der Waals surface area contributed by atoms with Crippen molar-refractivity contribution in [2.24, 2.45) is 11.8 Å². The fraction of sp³-hybridized carbons (Fsp3) is 0.462. The van der Waals surface area contributed by atoms with Crippen molar-refractivity contribution in [3.63, 3.8) is 0 Å². The molecule has 102 valence electrons. The van der Waals surface area contributed by atoms with E-state index in [2.05, 4.69) is 16.5 Å². The fourth-order valence-electron chi connectivity index (χ4n) is 1.69. The second-order valence-electron chi connectivity index (χ2n) is 4.63. The van der Waals surface area contributed by atoms with Crippen LogP contribution in [0.25, 0.3) is 0 Å². The zero-order valence-corrected chi connectivity index (χ0v) is 11.3. The minimum atomic E-state index is -0.111. The number of hydrazine groups is 1. The Morgan fingerprint density at radius 1 is 1.58 bits per heavy atom. The van der Waals surface area contributed by atoms with Gasteiger partial charge in [0.05, 0.1) is 18.1 Å². The summed E-state index contributed by atoms with van der Waals surface area (Å²) in [4.78, 5) is 18.0. The third kappa shape index (κ3) is 4.56. The third-order valence-electron chi connectivity index (χ3n) is 2.52. The number of hydrogen-bond donors (Lipinski definition) is 2. The van der Waals surface area contributed by atoms with E-state index in [-0.39, 0.29) is 5.91 Å². The van der Waals surface area contributed by atoms with Crippen molar-refractivity contribution in [2.45, 2.75) is 20.3 Å². The first-order chi connectivity index (χ1) is 9.08. The molecule has 0 radical (unpaired) electrons. The molecule has 0 aliphatic carbocycles. The van der Waals surface area contributed by atoms with Crippen LogP contribution in [-0.4, -0.2) is 28.9 Å². The maximum atomic E-state index is 12.3. The van der Waals surface area contributed by atoms with Crippen LogP contribution in [0.2, 0.25) is 0 Å². The summed E-state index contributed by atoms with van der Waals surface area (Å²) in [5.74, 6) is 5.96. The largest absolute Gasteiger partial charge is 0.337 e. The normalized spacial score (nSPS) is 10.1. The van der Waals surface area contributed by atoms with Crippen LogP contribution < -0.4 is 11.3 Å². The molecule has 6 nitrogen and oxygen atoms in total. The Morgan fingerprint density at radius 2 is 2.32 bits per heavy atom. The van der Waals surface area contributed by atoms with E-state index in [1.54, 1.807) is 17.0 Å². The van der Waals surface area contributed by atoms with Crippen LogP contribution in [0.15, 0.2) is 18.3 Å². The summed E-state index contributed by atoms with van der Waals surface area (Å²) in [6, 6.07) is 5.37. The number of nitrogens with zero attached hydrogens (tertiary/aromatic N) is 3. The third-order valence-corrected chi connectivity index (χ3v) is 2.52. The first kappa shape index (κ1) is 14.9. The number of nitriles is 1. The minimum Gasteiger partial charge on any atom is -0.337 e. The number of rotatable bonds is 6. The Kier molecular flexibility index (Phi) is 5.76. The molecule has 0 fully saturated rings. The van der Waals surface area contributed by atoms with Crippen LogP contribution in [0.4, 0.5) is 5.82 Å². The lowest BCUT2D eigenvalue weighted by Gasteiger charge is -2.23. The van der Waals surface area contributed by atoms with Gasteiger partial charge in [-0.05, 0) is 18.1 Å². The molecule has 1 heterocycles. The van der Waals surface area contributed by atoms with Crippen LogP contribution in [0.5, 0.6) is 0 Å². The molecule has 0 spiro atoms. The number of amides is 1. The van der Waals surface area contributed by atoms with Crippen molar-refractivity contribution in [3.8, 4) is 6.07 Å². The molecule has 19 heavy (non-hydrogen) atoms. The van der Waals surface area contributed by atoms with Gasteiger partial charge in [0.15, 0.2) is 0 Å². The molecular weight excluding hydrogens is 242 g/mol. The van der Waals surface area contributed by atoms with Gasteiger partial charge in [0.2, 0.25) is 0 Å². The predicted molar refractivity (Wildman–Crippen MR) is 73.0 cm³/mol. The smallest absolute Gasteiger partial charge is 0.255 e. The second-order valence-corrected chi connectivity index (χ2v) is 4.63. The molecule has 6 heteroatoms. The van der Waals surface area contributed by atoms with Crippen molar-refractivity contribution in [1.82, 2.24) is 9.88 Å². The zero-order chi connectivity index (χ0) is 14.3. The Labute approximate surface area is 113 Å². The maximum absolute atomic E-state index is 12.3. The lowest BCUT2D eigenvalue weighted by molar-refractivity contribution is 0.0739. The van der Waals surface area contributed by atoms with Gasteiger partial charge < -0.3 is 10.3 Å². The standard InChI is InChI=1S/C13H19N5O/c1-10(2)9-18(7-3-6-14)13(19)11-4-5-12(17-15)16-8-11/h4-5,8,10H,3,7,9,15H2,1-2H3,(H,16,17). The van der Waals surface area contributed by atoms with E-state index in [9.17, 15) is 4.79 Å². The quantitative estimate of drug-likeness (QED) is 0.596. The van der Waals surface area contributed by atoms with E-state index >= 15 is 0 Å². The number of anilines is 1. The van der Waals surface area contributed by atoms with E-state index in [0.717, 1.165) is 0 Å². The molecule has 0 atom stereocenters. The number of hydrogen-bond acceptors (Lipinski definition) is 5. The van der Waals surface area contributed by atoms with Gasteiger partial charge in [-0.3, -0.25) is 4.79 Å². The molecule has 0 unspecified atom stereocenters. The minimum absolute atomic E-state index is 0.111. The van der Waals surface area contributed by atoms with Gasteiger partial charge in [0.1, 0.15) is 5.82 Å². The van der Waals surface area contributed by atoms with Crippen LogP contribution in [0.1, 0.15) is 30.6 Å². The average Bonchev–Trinajstić information content (AvgIpc) is 2.42. The fourth-order valence-corrected chi connectivity index (χ4v) is 1.69. The predicted octanol–water partition coefficient (Wildman–Crippen LogP) is 1.38. The van der Waals surface area contributed by atoms with E-state index in [1.807, 2.05) is 13.8 Å². The van der Waals surface area contributed by atoms with Crippen molar-refractivity contribution < 1.29 is 4.79 Å². The first-order valence-electron chi connectivity index (χ1n) is 6.17. The molecule has 0 aliphatic heterocycles.